The number of rotatable bonds is 9. The normalized spacial score (nSPS) is 13.6. The van der Waals surface area contributed by atoms with Crippen LogP contribution in [0.3, 0.4) is 0 Å². The zero-order valence-electron chi connectivity index (χ0n) is 19.6. The van der Waals surface area contributed by atoms with E-state index in [4.69, 9.17) is 14.2 Å². The number of carbonyl (C=O) groups excluding carboxylic acids is 1. The third-order valence-electron chi connectivity index (χ3n) is 5.72. The molecule has 1 amide bonds. The average Bonchev–Trinajstić information content (AvgIpc) is 2.83. The van der Waals surface area contributed by atoms with Crippen molar-refractivity contribution in [2.75, 3.05) is 57.2 Å². The van der Waals surface area contributed by atoms with Gasteiger partial charge in [0.2, 0.25) is 0 Å². The fourth-order valence-corrected chi connectivity index (χ4v) is 3.81. The van der Waals surface area contributed by atoms with Crippen LogP contribution in [0.1, 0.15) is 30.9 Å². The molecule has 0 radical (unpaired) electrons. The monoisotopic (exact) mass is 441 g/mol. The van der Waals surface area contributed by atoms with Crippen LogP contribution >= 0.6 is 0 Å². The van der Waals surface area contributed by atoms with Crippen molar-refractivity contribution in [2.24, 2.45) is 0 Å². The van der Waals surface area contributed by atoms with E-state index in [2.05, 4.69) is 41.4 Å². The number of hydrogen-bond donors (Lipinski definition) is 1. The minimum Gasteiger partial charge on any atom is -0.496 e. The molecule has 7 nitrogen and oxygen atoms in total. The van der Waals surface area contributed by atoms with Crippen LogP contribution in [0, 0.1) is 6.92 Å². The van der Waals surface area contributed by atoms with Crippen molar-refractivity contribution in [3.63, 3.8) is 0 Å². The molecule has 0 bridgehead atoms. The lowest BCUT2D eigenvalue weighted by Crippen LogP contribution is -2.49. The number of benzene rings is 2. The van der Waals surface area contributed by atoms with Crippen LogP contribution in [0.25, 0.3) is 0 Å². The van der Waals surface area contributed by atoms with Gasteiger partial charge in [0.05, 0.1) is 26.4 Å². The number of amides is 1. The highest BCUT2D eigenvalue weighted by atomic mass is 16.6. The molecular weight excluding hydrogens is 406 g/mol. The second-order valence-electron chi connectivity index (χ2n) is 7.99. The van der Waals surface area contributed by atoms with E-state index < -0.39 is 0 Å². The Balaban J connectivity index is 1.54. The zero-order valence-corrected chi connectivity index (χ0v) is 19.6. The summed E-state index contributed by atoms with van der Waals surface area (Å²) in [7, 11) is 3.36. The Hall–Kier alpha value is -3.09. The quantitative estimate of drug-likeness (QED) is 0.570. The van der Waals surface area contributed by atoms with E-state index in [-0.39, 0.29) is 6.09 Å². The lowest BCUT2D eigenvalue weighted by Gasteiger charge is -2.35. The molecule has 2 aromatic carbocycles. The molecule has 0 unspecified atom stereocenters. The first kappa shape index (κ1) is 23.6. The van der Waals surface area contributed by atoms with E-state index in [9.17, 15) is 4.79 Å². The van der Waals surface area contributed by atoms with E-state index in [1.54, 1.807) is 19.1 Å². The summed E-state index contributed by atoms with van der Waals surface area (Å²) in [6, 6.07) is 12.4. The molecule has 0 aromatic heterocycles. The van der Waals surface area contributed by atoms with Gasteiger partial charge in [0.25, 0.3) is 0 Å². The number of ether oxygens (including phenoxy) is 3. The van der Waals surface area contributed by atoms with Crippen LogP contribution < -0.4 is 19.7 Å². The van der Waals surface area contributed by atoms with Crippen molar-refractivity contribution in [2.45, 2.75) is 33.2 Å². The van der Waals surface area contributed by atoms with Gasteiger partial charge in [-0.15, -0.1) is 0 Å². The fraction of sp³-hybridized carbons (Fsp3) is 0.480. The van der Waals surface area contributed by atoms with Gasteiger partial charge in [0.15, 0.2) is 0 Å². The molecule has 1 fully saturated rings. The van der Waals surface area contributed by atoms with Crippen LogP contribution in [0.15, 0.2) is 36.4 Å². The minimum absolute atomic E-state index is 0.195. The second-order valence-corrected chi connectivity index (χ2v) is 7.99. The molecule has 3 rings (SSSR count). The summed E-state index contributed by atoms with van der Waals surface area (Å²) in [5.41, 5.74) is 4.27. The molecule has 1 aliphatic heterocycles. The molecule has 1 N–H and O–H groups in total. The van der Waals surface area contributed by atoms with Gasteiger partial charge in [0.1, 0.15) is 11.5 Å². The van der Waals surface area contributed by atoms with Crippen LogP contribution in [0.5, 0.6) is 11.5 Å². The van der Waals surface area contributed by atoms with Gasteiger partial charge in [-0.2, -0.15) is 0 Å². The van der Waals surface area contributed by atoms with E-state index in [1.807, 2.05) is 19.1 Å². The van der Waals surface area contributed by atoms with Crippen molar-refractivity contribution in [3.8, 4) is 11.5 Å². The van der Waals surface area contributed by atoms with E-state index in [0.29, 0.717) is 26.2 Å². The molecule has 1 heterocycles. The summed E-state index contributed by atoms with van der Waals surface area (Å²) in [5.74, 6) is 1.63. The molecule has 1 aliphatic rings. The van der Waals surface area contributed by atoms with Crippen LogP contribution in [-0.2, 0) is 11.3 Å². The van der Waals surface area contributed by atoms with Crippen molar-refractivity contribution < 1.29 is 19.0 Å². The van der Waals surface area contributed by atoms with Gasteiger partial charge < -0.3 is 29.3 Å². The molecule has 0 aliphatic carbocycles. The maximum absolute atomic E-state index is 12.1. The number of anilines is 2. The van der Waals surface area contributed by atoms with Gasteiger partial charge in [-0.3, -0.25) is 0 Å². The largest absolute Gasteiger partial charge is 0.496 e. The van der Waals surface area contributed by atoms with Crippen LogP contribution in [0.2, 0.25) is 0 Å². The van der Waals surface area contributed by atoms with Gasteiger partial charge in [-0.05, 0) is 55.3 Å². The van der Waals surface area contributed by atoms with Crippen molar-refractivity contribution >= 4 is 17.5 Å². The highest BCUT2D eigenvalue weighted by Gasteiger charge is 2.22. The lowest BCUT2D eigenvalue weighted by atomic mass is 10.1. The number of nitrogens with one attached hydrogen (secondary N) is 1. The Kier molecular flexibility index (Phi) is 8.48. The fourth-order valence-electron chi connectivity index (χ4n) is 3.81. The highest BCUT2D eigenvalue weighted by molar-refractivity contribution is 5.68. The molecule has 7 heteroatoms. The number of unbranched alkanes of at least 4 members (excludes halogenated alkanes) is 1. The predicted molar refractivity (Wildman–Crippen MR) is 128 cm³/mol. The van der Waals surface area contributed by atoms with E-state index in [1.165, 1.54) is 0 Å². The van der Waals surface area contributed by atoms with Crippen molar-refractivity contribution in [1.82, 2.24) is 4.90 Å². The first-order valence-corrected chi connectivity index (χ1v) is 11.3. The molecule has 32 heavy (non-hydrogen) atoms. The standard InChI is InChI=1S/C25H35N3O4/c1-5-6-15-32-25(29)28-13-11-27(12-14-28)21-9-7-20(8-10-21)26-18-22-23(30-3)16-19(2)17-24(22)31-4/h7-10,16-17,26H,5-6,11-15,18H2,1-4H3. The Morgan fingerprint density at radius 2 is 1.62 bits per heavy atom. The van der Waals surface area contributed by atoms with Gasteiger partial charge >= 0.3 is 6.09 Å². The summed E-state index contributed by atoms with van der Waals surface area (Å²) in [6.45, 7) is 8.17. The Bertz CT molecular complexity index is 852. The number of methoxy groups -OCH3 is 2. The number of carbonyl (C=O) groups is 1. The zero-order chi connectivity index (χ0) is 22.9. The first-order chi connectivity index (χ1) is 15.5. The molecule has 1 saturated heterocycles. The van der Waals surface area contributed by atoms with Crippen molar-refractivity contribution in [3.05, 3.63) is 47.5 Å². The van der Waals surface area contributed by atoms with E-state index >= 15 is 0 Å². The van der Waals surface area contributed by atoms with Gasteiger partial charge in [-0.25, -0.2) is 4.79 Å². The van der Waals surface area contributed by atoms with Crippen LogP contribution in [0.4, 0.5) is 16.2 Å². The smallest absolute Gasteiger partial charge is 0.409 e. The molecular formula is C25H35N3O4. The maximum Gasteiger partial charge on any atom is 0.409 e. The molecule has 0 atom stereocenters. The predicted octanol–water partition coefficient (Wildman–Crippen LogP) is 4.68. The number of piperazine rings is 1. The third-order valence-corrected chi connectivity index (χ3v) is 5.72. The Labute approximate surface area is 191 Å². The topological polar surface area (TPSA) is 63.3 Å². The second kappa shape index (κ2) is 11.5. The van der Waals surface area contributed by atoms with Gasteiger partial charge in [0, 0.05) is 44.1 Å². The average molecular weight is 442 g/mol. The maximum atomic E-state index is 12.1. The highest BCUT2D eigenvalue weighted by Crippen LogP contribution is 2.31. The first-order valence-electron chi connectivity index (χ1n) is 11.3. The molecule has 0 spiro atoms. The summed E-state index contributed by atoms with van der Waals surface area (Å²) < 4.78 is 16.4. The summed E-state index contributed by atoms with van der Waals surface area (Å²) in [6.07, 6.45) is 1.74. The summed E-state index contributed by atoms with van der Waals surface area (Å²) >= 11 is 0. The van der Waals surface area contributed by atoms with Gasteiger partial charge in [-0.1, -0.05) is 13.3 Å². The molecule has 0 saturated carbocycles. The third kappa shape index (κ3) is 5.99. The minimum atomic E-state index is -0.195. The number of hydrogen-bond acceptors (Lipinski definition) is 6. The summed E-state index contributed by atoms with van der Waals surface area (Å²) in [4.78, 5) is 16.2. The van der Waals surface area contributed by atoms with E-state index in [0.717, 1.165) is 59.9 Å². The Morgan fingerprint density at radius 3 is 2.19 bits per heavy atom. The molecule has 2 aromatic rings. The molecule has 174 valence electrons. The lowest BCUT2D eigenvalue weighted by molar-refractivity contribution is 0.0989. The van der Waals surface area contributed by atoms with Crippen LogP contribution in [-0.4, -0.2) is 58.0 Å². The summed E-state index contributed by atoms with van der Waals surface area (Å²) in [5, 5.41) is 3.46. The van der Waals surface area contributed by atoms with Crippen molar-refractivity contribution in [1.29, 1.82) is 0 Å². The SMILES string of the molecule is CCCCOC(=O)N1CCN(c2ccc(NCc3c(OC)cc(C)cc3OC)cc2)CC1. The number of nitrogens with zero attached hydrogens (tertiary/aromatic N) is 2. The Morgan fingerprint density at radius 1 is 1.00 bits per heavy atom. The number of aryl methyl sites for hydroxylation is 1.